The first-order valence-corrected chi connectivity index (χ1v) is 6.89. The van der Waals surface area contributed by atoms with E-state index in [2.05, 4.69) is 23.3 Å². The summed E-state index contributed by atoms with van der Waals surface area (Å²) < 4.78 is 0. The molecule has 1 aromatic rings. The van der Waals surface area contributed by atoms with Crippen LogP contribution in [0.5, 0.6) is 0 Å². The lowest BCUT2D eigenvalue weighted by Crippen LogP contribution is -2.23. The molecule has 0 saturated carbocycles. The second-order valence-corrected chi connectivity index (χ2v) is 5.20. The van der Waals surface area contributed by atoms with Crippen LogP contribution in [-0.4, -0.2) is 47.0 Å². The van der Waals surface area contributed by atoms with Gasteiger partial charge in [-0.15, -0.1) is 0 Å². The summed E-state index contributed by atoms with van der Waals surface area (Å²) in [4.78, 5) is 6.41. The Labute approximate surface area is 114 Å². The molecular formula is C14H23N3O2. The smallest absolute Gasteiger partial charge is 0.131 e. The number of hydrogen-bond donors (Lipinski definition) is 3. The lowest BCUT2D eigenvalue weighted by molar-refractivity contribution is 0.0572. The van der Waals surface area contributed by atoms with Crippen LogP contribution in [0.1, 0.15) is 24.5 Å². The van der Waals surface area contributed by atoms with Crippen molar-refractivity contribution in [3.63, 3.8) is 0 Å². The summed E-state index contributed by atoms with van der Waals surface area (Å²) in [5.41, 5.74) is 2.24. The third-order valence-corrected chi connectivity index (χ3v) is 3.42. The molecule has 2 unspecified atom stereocenters. The summed E-state index contributed by atoms with van der Waals surface area (Å²) in [5.74, 6) is 0.856. The monoisotopic (exact) mass is 265 g/mol. The Hall–Kier alpha value is -1.17. The van der Waals surface area contributed by atoms with Crippen molar-refractivity contribution in [3.05, 3.63) is 23.4 Å². The van der Waals surface area contributed by atoms with Crippen molar-refractivity contribution in [3.8, 4) is 0 Å². The topological polar surface area (TPSA) is 68.6 Å². The van der Waals surface area contributed by atoms with Crippen LogP contribution in [0.25, 0.3) is 0 Å². The van der Waals surface area contributed by atoms with Crippen molar-refractivity contribution in [2.75, 3.05) is 24.5 Å². The maximum atomic E-state index is 9.59. The molecule has 5 nitrogen and oxygen atoms in total. The van der Waals surface area contributed by atoms with Gasteiger partial charge in [0.05, 0.1) is 12.2 Å². The number of aliphatic hydroxyl groups is 2. The molecular weight excluding hydrogens is 242 g/mol. The highest BCUT2D eigenvalue weighted by molar-refractivity contribution is 5.48. The van der Waals surface area contributed by atoms with Crippen molar-refractivity contribution in [1.82, 2.24) is 10.3 Å². The number of hydrogen-bond acceptors (Lipinski definition) is 5. The summed E-state index contributed by atoms with van der Waals surface area (Å²) in [6.07, 6.45) is 1.63. The SMILES string of the molecule is CCCNCc1cnc(N2CC(O)C(O)C2)c(C)c1. The first-order chi connectivity index (χ1) is 9.11. The van der Waals surface area contributed by atoms with Crippen molar-refractivity contribution >= 4 is 5.82 Å². The molecule has 0 spiro atoms. The standard InChI is InChI=1S/C14H23N3O2/c1-3-4-15-6-11-5-10(2)14(16-7-11)17-8-12(18)13(19)9-17/h5,7,12-13,15,18-19H,3-4,6,8-9H2,1-2H3. The maximum absolute atomic E-state index is 9.59. The average Bonchev–Trinajstić information content (AvgIpc) is 2.70. The molecule has 1 aliphatic heterocycles. The molecule has 2 atom stereocenters. The average molecular weight is 265 g/mol. The van der Waals surface area contributed by atoms with Crippen LogP contribution >= 0.6 is 0 Å². The Balaban J connectivity index is 2.03. The number of nitrogens with one attached hydrogen (secondary N) is 1. The van der Waals surface area contributed by atoms with Crippen LogP contribution in [0.15, 0.2) is 12.3 Å². The van der Waals surface area contributed by atoms with E-state index in [4.69, 9.17) is 0 Å². The molecule has 1 aromatic heterocycles. The summed E-state index contributed by atoms with van der Waals surface area (Å²) in [7, 11) is 0. The molecule has 1 aliphatic rings. The highest BCUT2D eigenvalue weighted by Gasteiger charge is 2.30. The van der Waals surface area contributed by atoms with E-state index in [1.54, 1.807) is 0 Å². The minimum Gasteiger partial charge on any atom is -0.389 e. The number of aromatic nitrogens is 1. The Morgan fingerprint density at radius 1 is 1.37 bits per heavy atom. The molecule has 3 N–H and O–H groups in total. The molecule has 1 saturated heterocycles. The number of nitrogens with zero attached hydrogens (tertiary/aromatic N) is 2. The molecule has 2 heterocycles. The number of pyridine rings is 1. The van der Waals surface area contributed by atoms with Gasteiger partial charge in [-0.2, -0.15) is 0 Å². The molecule has 2 rings (SSSR count). The molecule has 0 bridgehead atoms. The Morgan fingerprint density at radius 3 is 2.63 bits per heavy atom. The number of β-amino-alcohol motifs (C(OH)–C–C–N with tert-alkyl or cyclic N) is 2. The third-order valence-electron chi connectivity index (χ3n) is 3.42. The number of anilines is 1. The van der Waals surface area contributed by atoms with Gasteiger partial charge in [0.2, 0.25) is 0 Å². The van der Waals surface area contributed by atoms with Crippen LogP contribution in [0, 0.1) is 6.92 Å². The first kappa shape index (κ1) is 14.2. The lowest BCUT2D eigenvalue weighted by atomic mass is 10.2. The third kappa shape index (κ3) is 3.43. The maximum Gasteiger partial charge on any atom is 0.131 e. The van der Waals surface area contributed by atoms with Gasteiger partial charge < -0.3 is 20.4 Å². The fourth-order valence-electron chi connectivity index (χ4n) is 2.41. The van der Waals surface area contributed by atoms with Gasteiger partial charge in [0.1, 0.15) is 5.82 Å². The van der Waals surface area contributed by atoms with E-state index in [0.717, 1.165) is 36.5 Å². The zero-order valence-corrected chi connectivity index (χ0v) is 11.6. The summed E-state index contributed by atoms with van der Waals surface area (Å²) in [6.45, 7) is 6.88. The molecule has 0 aliphatic carbocycles. The van der Waals surface area contributed by atoms with Crippen molar-refractivity contribution < 1.29 is 10.2 Å². The first-order valence-electron chi connectivity index (χ1n) is 6.89. The van der Waals surface area contributed by atoms with E-state index >= 15 is 0 Å². The predicted molar refractivity (Wildman–Crippen MR) is 75.2 cm³/mol. The molecule has 0 radical (unpaired) electrons. The Morgan fingerprint density at radius 2 is 2.05 bits per heavy atom. The number of aliphatic hydroxyl groups excluding tert-OH is 2. The summed E-state index contributed by atoms with van der Waals surface area (Å²) in [5, 5.41) is 22.5. The fraction of sp³-hybridized carbons (Fsp3) is 0.643. The Bertz CT molecular complexity index is 415. The van der Waals surface area contributed by atoms with Crippen LogP contribution in [0.3, 0.4) is 0 Å². The molecule has 5 heteroatoms. The zero-order valence-electron chi connectivity index (χ0n) is 11.6. The molecule has 0 aromatic carbocycles. The zero-order chi connectivity index (χ0) is 13.8. The predicted octanol–water partition coefficient (Wildman–Crippen LogP) is 0.431. The van der Waals surface area contributed by atoms with E-state index in [1.165, 1.54) is 0 Å². The lowest BCUT2D eigenvalue weighted by Gasteiger charge is -2.19. The quantitative estimate of drug-likeness (QED) is 0.674. The van der Waals surface area contributed by atoms with E-state index in [9.17, 15) is 10.2 Å². The van der Waals surface area contributed by atoms with Gasteiger partial charge in [-0.1, -0.05) is 6.92 Å². The molecule has 106 valence electrons. The van der Waals surface area contributed by atoms with Gasteiger partial charge in [0.25, 0.3) is 0 Å². The highest BCUT2D eigenvalue weighted by Crippen LogP contribution is 2.22. The summed E-state index contributed by atoms with van der Waals surface area (Å²) >= 11 is 0. The van der Waals surface area contributed by atoms with Gasteiger partial charge >= 0.3 is 0 Å². The normalized spacial score (nSPS) is 23.1. The van der Waals surface area contributed by atoms with Crippen LogP contribution in [-0.2, 0) is 6.54 Å². The Kier molecular flexibility index (Phi) is 4.74. The van der Waals surface area contributed by atoms with Crippen LogP contribution in [0.4, 0.5) is 5.82 Å². The van der Waals surface area contributed by atoms with Crippen molar-refractivity contribution in [2.45, 2.75) is 39.0 Å². The number of rotatable bonds is 5. The second kappa shape index (κ2) is 6.32. The van der Waals surface area contributed by atoms with Gasteiger partial charge in [0, 0.05) is 25.8 Å². The second-order valence-electron chi connectivity index (χ2n) is 5.20. The molecule has 0 amide bonds. The van der Waals surface area contributed by atoms with E-state index < -0.39 is 12.2 Å². The minimum absolute atomic E-state index is 0.447. The van der Waals surface area contributed by atoms with Crippen molar-refractivity contribution in [2.24, 2.45) is 0 Å². The van der Waals surface area contributed by atoms with Crippen LogP contribution < -0.4 is 10.2 Å². The number of aryl methyl sites for hydroxylation is 1. The fourth-order valence-corrected chi connectivity index (χ4v) is 2.41. The van der Waals surface area contributed by atoms with E-state index in [1.807, 2.05) is 18.0 Å². The van der Waals surface area contributed by atoms with Gasteiger partial charge in [-0.05, 0) is 37.1 Å². The van der Waals surface area contributed by atoms with Gasteiger partial charge in [-0.25, -0.2) is 4.98 Å². The van der Waals surface area contributed by atoms with Gasteiger partial charge in [0.15, 0.2) is 0 Å². The minimum atomic E-state index is -0.674. The van der Waals surface area contributed by atoms with Gasteiger partial charge in [-0.3, -0.25) is 0 Å². The molecule has 1 fully saturated rings. The highest BCUT2D eigenvalue weighted by atomic mass is 16.3. The summed E-state index contributed by atoms with van der Waals surface area (Å²) in [6, 6.07) is 2.11. The van der Waals surface area contributed by atoms with E-state index in [-0.39, 0.29) is 0 Å². The van der Waals surface area contributed by atoms with Crippen molar-refractivity contribution in [1.29, 1.82) is 0 Å². The molecule has 19 heavy (non-hydrogen) atoms. The van der Waals surface area contributed by atoms with Crippen LogP contribution in [0.2, 0.25) is 0 Å². The van der Waals surface area contributed by atoms with E-state index in [0.29, 0.717) is 13.1 Å². The largest absolute Gasteiger partial charge is 0.389 e.